The minimum atomic E-state index is -0.215. The Labute approximate surface area is 122 Å². The molecule has 0 radical (unpaired) electrons. The number of nitrogens with zero attached hydrogens (tertiary/aromatic N) is 1. The minimum absolute atomic E-state index is 0.145. The van der Waals surface area contributed by atoms with Gasteiger partial charge >= 0.3 is 6.03 Å². The van der Waals surface area contributed by atoms with Crippen LogP contribution in [0.5, 0.6) is 0 Å². The number of ether oxygens (including phenoxy) is 1. The number of aromatic amines is 1. The molecule has 6 nitrogen and oxygen atoms in total. The lowest BCUT2D eigenvalue weighted by atomic mass is 10.1. The maximum absolute atomic E-state index is 11.9. The van der Waals surface area contributed by atoms with Crippen LogP contribution in [0.4, 0.5) is 10.5 Å². The highest BCUT2D eigenvalue weighted by Gasteiger charge is 2.16. The Morgan fingerprint density at radius 2 is 2.43 bits per heavy atom. The molecule has 1 unspecified atom stereocenters. The number of carbonyl (C=O) groups is 1. The molecule has 3 rings (SSSR count). The number of rotatable bonds is 4. The van der Waals surface area contributed by atoms with Crippen LogP contribution in [0.1, 0.15) is 12.8 Å². The highest BCUT2D eigenvalue weighted by Crippen LogP contribution is 2.20. The van der Waals surface area contributed by atoms with Crippen LogP contribution in [0.15, 0.2) is 36.8 Å². The third-order valence-corrected chi connectivity index (χ3v) is 3.44. The molecule has 0 saturated carbocycles. The van der Waals surface area contributed by atoms with E-state index in [-0.39, 0.29) is 12.1 Å². The van der Waals surface area contributed by atoms with E-state index in [1.807, 2.05) is 24.3 Å². The molecule has 0 aliphatic carbocycles. The van der Waals surface area contributed by atoms with Gasteiger partial charge in [0.15, 0.2) is 0 Å². The normalized spacial score (nSPS) is 17.6. The number of carbonyl (C=O) groups excluding carboxylic acids is 1. The van der Waals surface area contributed by atoms with E-state index in [0.717, 1.165) is 36.4 Å². The fraction of sp³-hybridized carbons (Fsp3) is 0.333. The average Bonchev–Trinajstić information content (AvgIpc) is 3.19. The van der Waals surface area contributed by atoms with Crippen molar-refractivity contribution in [3.63, 3.8) is 0 Å². The summed E-state index contributed by atoms with van der Waals surface area (Å²) in [6.07, 6.45) is 5.60. The molecule has 3 N–H and O–H groups in total. The summed E-state index contributed by atoms with van der Waals surface area (Å²) in [5, 5.41) is 5.66. The van der Waals surface area contributed by atoms with Crippen LogP contribution in [0.2, 0.25) is 0 Å². The average molecular weight is 286 g/mol. The van der Waals surface area contributed by atoms with E-state index in [4.69, 9.17) is 4.74 Å². The summed E-state index contributed by atoms with van der Waals surface area (Å²) < 4.78 is 5.47. The van der Waals surface area contributed by atoms with Crippen molar-refractivity contribution in [1.82, 2.24) is 15.3 Å². The quantitative estimate of drug-likeness (QED) is 0.807. The van der Waals surface area contributed by atoms with Crippen molar-refractivity contribution in [2.24, 2.45) is 0 Å². The highest BCUT2D eigenvalue weighted by molar-refractivity contribution is 5.90. The molecule has 1 saturated heterocycles. The molecule has 21 heavy (non-hydrogen) atoms. The Morgan fingerprint density at radius 3 is 3.19 bits per heavy atom. The van der Waals surface area contributed by atoms with E-state index in [1.54, 1.807) is 12.5 Å². The van der Waals surface area contributed by atoms with Crippen LogP contribution in [0.25, 0.3) is 11.3 Å². The Bertz CT molecular complexity index is 591. The van der Waals surface area contributed by atoms with Gasteiger partial charge in [-0.15, -0.1) is 0 Å². The molecule has 1 atom stereocenters. The highest BCUT2D eigenvalue weighted by atomic mass is 16.5. The molecule has 2 amide bonds. The molecule has 0 bridgehead atoms. The first kappa shape index (κ1) is 13.6. The molecule has 0 spiro atoms. The number of aromatic nitrogens is 2. The van der Waals surface area contributed by atoms with Gasteiger partial charge in [-0.1, -0.05) is 12.1 Å². The number of nitrogens with one attached hydrogen (secondary N) is 3. The first-order valence-corrected chi connectivity index (χ1v) is 7.06. The number of anilines is 1. The second-order valence-corrected chi connectivity index (χ2v) is 5.02. The van der Waals surface area contributed by atoms with Crippen molar-refractivity contribution in [2.45, 2.75) is 18.9 Å². The second kappa shape index (κ2) is 6.41. The molecule has 2 heterocycles. The van der Waals surface area contributed by atoms with Crippen molar-refractivity contribution in [3.8, 4) is 11.3 Å². The number of imidazole rings is 1. The molecule has 1 fully saturated rings. The zero-order valence-corrected chi connectivity index (χ0v) is 11.6. The molecule has 2 aromatic rings. The summed E-state index contributed by atoms with van der Waals surface area (Å²) in [4.78, 5) is 18.9. The smallest absolute Gasteiger partial charge is 0.319 e. The van der Waals surface area contributed by atoms with Crippen LogP contribution in [-0.4, -0.2) is 35.3 Å². The number of H-pyrrole nitrogens is 1. The maximum Gasteiger partial charge on any atom is 0.319 e. The Kier molecular flexibility index (Phi) is 4.16. The number of hydrogen-bond donors (Lipinski definition) is 3. The molecule has 1 aliphatic rings. The fourth-order valence-electron chi connectivity index (χ4n) is 2.37. The topological polar surface area (TPSA) is 79.0 Å². The van der Waals surface area contributed by atoms with Crippen molar-refractivity contribution in [1.29, 1.82) is 0 Å². The molecule has 1 aromatic carbocycles. The van der Waals surface area contributed by atoms with Gasteiger partial charge < -0.3 is 20.4 Å². The van der Waals surface area contributed by atoms with Crippen LogP contribution in [0, 0.1) is 0 Å². The monoisotopic (exact) mass is 286 g/mol. The fourth-order valence-corrected chi connectivity index (χ4v) is 2.37. The lowest BCUT2D eigenvalue weighted by Crippen LogP contribution is -2.35. The summed E-state index contributed by atoms with van der Waals surface area (Å²) in [6, 6.07) is 7.40. The first-order chi connectivity index (χ1) is 10.3. The number of amides is 2. The second-order valence-electron chi connectivity index (χ2n) is 5.02. The minimum Gasteiger partial charge on any atom is -0.376 e. The van der Waals surface area contributed by atoms with Gasteiger partial charge in [-0.2, -0.15) is 0 Å². The molecule has 1 aromatic heterocycles. The summed E-state index contributed by atoms with van der Waals surface area (Å²) >= 11 is 0. The largest absolute Gasteiger partial charge is 0.376 e. The van der Waals surface area contributed by atoms with Gasteiger partial charge in [0.25, 0.3) is 0 Å². The van der Waals surface area contributed by atoms with Crippen molar-refractivity contribution >= 4 is 11.7 Å². The summed E-state index contributed by atoms with van der Waals surface area (Å²) in [5.41, 5.74) is 2.63. The Balaban J connectivity index is 1.56. The number of benzene rings is 1. The van der Waals surface area contributed by atoms with E-state index in [0.29, 0.717) is 6.54 Å². The zero-order chi connectivity index (χ0) is 14.5. The maximum atomic E-state index is 11.9. The Morgan fingerprint density at radius 1 is 1.48 bits per heavy atom. The van der Waals surface area contributed by atoms with E-state index in [9.17, 15) is 4.79 Å². The first-order valence-electron chi connectivity index (χ1n) is 7.06. The summed E-state index contributed by atoms with van der Waals surface area (Å²) in [7, 11) is 0. The SMILES string of the molecule is O=C(NCC1CCCO1)Nc1cccc(-c2cnc[nH]2)c1. The standard InChI is InChI=1S/C15H18N4O2/c20-15(17-8-13-5-2-6-21-13)19-12-4-1-3-11(7-12)14-9-16-10-18-14/h1,3-4,7,9-10,13H,2,5-6,8H2,(H,16,18)(H2,17,19,20). The van der Waals surface area contributed by atoms with E-state index in [1.165, 1.54) is 0 Å². The van der Waals surface area contributed by atoms with E-state index in [2.05, 4.69) is 20.6 Å². The third kappa shape index (κ3) is 3.61. The van der Waals surface area contributed by atoms with Crippen LogP contribution < -0.4 is 10.6 Å². The Hall–Kier alpha value is -2.34. The molecule has 6 heteroatoms. The zero-order valence-electron chi connectivity index (χ0n) is 11.6. The molecule has 1 aliphatic heterocycles. The van der Waals surface area contributed by atoms with Gasteiger partial charge in [0.2, 0.25) is 0 Å². The lowest BCUT2D eigenvalue weighted by Gasteiger charge is -2.12. The number of urea groups is 1. The molecular formula is C15H18N4O2. The van der Waals surface area contributed by atoms with Gasteiger partial charge in [0.05, 0.1) is 24.3 Å². The van der Waals surface area contributed by atoms with Crippen molar-refractivity contribution < 1.29 is 9.53 Å². The van der Waals surface area contributed by atoms with Crippen molar-refractivity contribution in [2.75, 3.05) is 18.5 Å². The number of hydrogen-bond acceptors (Lipinski definition) is 3. The third-order valence-electron chi connectivity index (χ3n) is 3.44. The van der Waals surface area contributed by atoms with Gasteiger partial charge in [0.1, 0.15) is 0 Å². The van der Waals surface area contributed by atoms with Gasteiger partial charge in [0, 0.05) is 24.4 Å². The predicted molar refractivity (Wildman–Crippen MR) is 80.0 cm³/mol. The summed E-state index contributed by atoms with van der Waals surface area (Å²) in [6.45, 7) is 1.34. The molecular weight excluding hydrogens is 268 g/mol. The van der Waals surface area contributed by atoms with E-state index < -0.39 is 0 Å². The molecule has 110 valence electrons. The van der Waals surface area contributed by atoms with Crippen molar-refractivity contribution in [3.05, 3.63) is 36.8 Å². The predicted octanol–water partition coefficient (Wildman–Crippen LogP) is 2.38. The van der Waals surface area contributed by atoms with Gasteiger partial charge in [-0.05, 0) is 25.0 Å². The summed E-state index contributed by atoms with van der Waals surface area (Å²) in [5.74, 6) is 0. The van der Waals surface area contributed by atoms with Crippen LogP contribution in [-0.2, 0) is 4.74 Å². The van der Waals surface area contributed by atoms with Crippen LogP contribution in [0.3, 0.4) is 0 Å². The van der Waals surface area contributed by atoms with E-state index >= 15 is 0 Å². The van der Waals surface area contributed by atoms with Crippen LogP contribution >= 0.6 is 0 Å². The van der Waals surface area contributed by atoms with Gasteiger partial charge in [-0.25, -0.2) is 9.78 Å². The van der Waals surface area contributed by atoms with Gasteiger partial charge in [-0.3, -0.25) is 0 Å². The lowest BCUT2D eigenvalue weighted by molar-refractivity contribution is 0.112.